The molecule has 0 aromatic heterocycles. The molecule has 0 heterocycles. The van der Waals surface area contributed by atoms with Gasteiger partial charge >= 0.3 is 6.03 Å². The zero-order chi connectivity index (χ0) is 14.5. The van der Waals surface area contributed by atoms with Gasteiger partial charge in [0, 0.05) is 24.3 Å². The number of amides is 3. The van der Waals surface area contributed by atoms with E-state index >= 15 is 0 Å². The van der Waals surface area contributed by atoms with Gasteiger partial charge in [0.2, 0.25) is 5.91 Å². The molecule has 3 N–H and O–H groups in total. The monoisotopic (exact) mass is 275 g/mol. The molecule has 20 heavy (non-hydrogen) atoms. The van der Waals surface area contributed by atoms with E-state index < -0.39 is 0 Å². The lowest BCUT2D eigenvalue weighted by molar-refractivity contribution is -0.114. The number of hydrogen-bond acceptors (Lipinski definition) is 2. The molecule has 5 nitrogen and oxygen atoms in total. The molecule has 1 aliphatic carbocycles. The summed E-state index contributed by atoms with van der Waals surface area (Å²) >= 11 is 0. The van der Waals surface area contributed by atoms with Crippen LogP contribution in [0.1, 0.15) is 38.2 Å². The minimum Gasteiger partial charge on any atom is -0.335 e. The maximum Gasteiger partial charge on any atom is 0.319 e. The van der Waals surface area contributed by atoms with E-state index in [4.69, 9.17) is 0 Å². The van der Waals surface area contributed by atoms with Crippen LogP contribution in [0.25, 0.3) is 0 Å². The van der Waals surface area contributed by atoms with Crippen molar-refractivity contribution < 1.29 is 9.59 Å². The van der Waals surface area contributed by atoms with Crippen LogP contribution in [0.2, 0.25) is 0 Å². The minimum absolute atomic E-state index is 0.129. The third-order valence-corrected chi connectivity index (χ3v) is 3.50. The molecule has 0 saturated heterocycles. The summed E-state index contributed by atoms with van der Waals surface area (Å²) in [6, 6.07) is 5.56. The van der Waals surface area contributed by atoms with Crippen LogP contribution in [-0.2, 0) is 4.79 Å². The lowest BCUT2D eigenvalue weighted by Crippen LogP contribution is -2.36. The quantitative estimate of drug-likeness (QED) is 0.793. The van der Waals surface area contributed by atoms with E-state index in [0.29, 0.717) is 11.4 Å². The predicted octanol–water partition coefficient (Wildman–Crippen LogP) is 3.02. The van der Waals surface area contributed by atoms with Gasteiger partial charge in [-0.3, -0.25) is 4.79 Å². The van der Waals surface area contributed by atoms with E-state index in [1.807, 2.05) is 19.1 Å². The van der Waals surface area contributed by atoms with Crippen LogP contribution in [0.4, 0.5) is 16.2 Å². The second-order valence-corrected chi connectivity index (χ2v) is 5.29. The summed E-state index contributed by atoms with van der Waals surface area (Å²) in [7, 11) is 0. The van der Waals surface area contributed by atoms with E-state index in [9.17, 15) is 9.59 Å². The summed E-state index contributed by atoms with van der Waals surface area (Å²) in [4.78, 5) is 23.0. The molecule has 1 fully saturated rings. The van der Waals surface area contributed by atoms with Crippen molar-refractivity contribution in [2.45, 2.75) is 45.6 Å². The molecule has 1 aliphatic rings. The first-order valence-electron chi connectivity index (χ1n) is 7.00. The largest absolute Gasteiger partial charge is 0.335 e. The highest BCUT2D eigenvalue weighted by atomic mass is 16.2. The molecule has 1 aromatic rings. The van der Waals surface area contributed by atoms with E-state index in [2.05, 4.69) is 16.0 Å². The Morgan fingerprint density at radius 2 is 1.85 bits per heavy atom. The molecule has 3 amide bonds. The van der Waals surface area contributed by atoms with Crippen LogP contribution >= 0.6 is 0 Å². The van der Waals surface area contributed by atoms with Gasteiger partial charge in [0.1, 0.15) is 0 Å². The third kappa shape index (κ3) is 3.98. The lowest BCUT2D eigenvalue weighted by atomic mass is 10.2. The Labute approximate surface area is 119 Å². The summed E-state index contributed by atoms with van der Waals surface area (Å²) in [5.41, 5.74) is 2.35. The number of aryl methyl sites for hydroxylation is 1. The van der Waals surface area contributed by atoms with Crippen molar-refractivity contribution in [2.75, 3.05) is 10.6 Å². The molecule has 0 radical (unpaired) electrons. The molecule has 1 aromatic carbocycles. The van der Waals surface area contributed by atoms with Crippen LogP contribution in [0.5, 0.6) is 0 Å². The molecule has 0 unspecified atom stereocenters. The van der Waals surface area contributed by atoms with Gasteiger partial charge in [-0.05, 0) is 37.5 Å². The van der Waals surface area contributed by atoms with Crippen LogP contribution in [0.15, 0.2) is 18.2 Å². The standard InChI is InChI=1S/C15H21N3O2/c1-10-7-8-13(16-11(2)19)9-14(10)18-15(20)17-12-5-3-4-6-12/h7-9,12H,3-6H2,1-2H3,(H,16,19)(H2,17,18,20). The summed E-state index contributed by atoms with van der Waals surface area (Å²) in [6.45, 7) is 3.38. The van der Waals surface area contributed by atoms with E-state index in [1.165, 1.54) is 19.8 Å². The Balaban J connectivity index is 1.99. The molecule has 0 bridgehead atoms. The third-order valence-electron chi connectivity index (χ3n) is 3.50. The highest BCUT2D eigenvalue weighted by Gasteiger charge is 2.17. The van der Waals surface area contributed by atoms with Crippen molar-refractivity contribution in [3.8, 4) is 0 Å². The van der Waals surface area contributed by atoms with Gasteiger partial charge in [-0.25, -0.2) is 4.79 Å². The number of urea groups is 1. The van der Waals surface area contributed by atoms with E-state index in [-0.39, 0.29) is 18.0 Å². The predicted molar refractivity (Wildman–Crippen MR) is 79.9 cm³/mol. The smallest absolute Gasteiger partial charge is 0.319 e. The fourth-order valence-electron chi connectivity index (χ4n) is 2.45. The van der Waals surface area contributed by atoms with Crippen molar-refractivity contribution >= 4 is 23.3 Å². The minimum atomic E-state index is -0.181. The van der Waals surface area contributed by atoms with E-state index in [1.54, 1.807) is 6.07 Å². The second-order valence-electron chi connectivity index (χ2n) is 5.29. The molecular weight excluding hydrogens is 254 g/mol. The number of carbonyl (C=O) groups excluding carboxylic acids is 2. The number of anilines is 2. The van der Waals surface area contributed by atoms with Gasteiger partial charge in [-0.15, -0.1) is 0 Å². The average molecular weight is 275 g/mol. The number of carbonyl (C=O) groups is 2. The fourth-order valence-corrected chi connectivity index (χ4v) is 2.45. The van der Waals surface area contributed by atoms with Crippen molar-refractivity contribution in [1.82, 2.24) is 5.32 Å². The first-order valence-corrected chi connectivity index (χ1v) is 7.00. The van der Waals surface area contributed by atoms with Gasteiger partial charge in [0.15, 0.2) is 0 Å². The van der Waals surface area contributed by atoms with Crippen molar-refractivity contribution in [1.29, 1.82) is 0 Å². The zero-order valence-electron chi connectivity index (χ0n) is 12.0. The van der Waals surface area contributed by atoms with Crippen LogP contribution in [0.3, 0.4) is 0 Å². The second kappa shape index (κ2) is 6.41. The Kier molecular flexibility index (Phi) is 4.61. The Morgan fingerprint density at radius 1 is 1.15 bits per heavy atom. The summed E-state index contributed by atoms with van der Waals surface area (Å²) in [5.74, 6) is -0.129. The first-order chi connectivity index (χ1) is 9.54. The number of hydrogen-bond donors (Lipinski definition) is 3. The molecular formula is C15H21N3O2. The highest BCUT2D eigenvalue weighted by Crippen LogP contribution is 2.21. The Hall–Kier alpha value is -2.04. The molecule has 108 valence electrons. The number of benzene rings is 1. The topological polar surface area (TPSA) is 70.2 Å². The summed E-state index contributed by atoms with van der Waals surface area (Å²) < 4.78 is 0. The molecule has 2 rings (SSSR count). The van der Waals surface area contributed by atoms with Crippen LogP contribution in [-0.4, -0.2) is 18.0 Å². The molecule has 0 atom stereocenters. The van der Waals surface area contributed by atoms with Crippen molar-refractivity contribution in [3.63, 3.8) is 0 Å². The van der Waals surface area contributed by atoms with Gasteiger partial charge < -0.3 is 16.0 Å². The summed E-state index contributed by atoms with van der Waals surface area (Å²) in [6.07, 6.45) is 4.47. The maximum absolute atomic E-state index is 11.9. The van der Waals surface area contributed by atoms with Gasteiger partial charge in [-0.1, -0.05) is 18.9 Å². The van der Waals surface area contributed by atoms with Gasteiger partial charge in [-0.2, -0.15) is 0 Å². The molecule has 5 heteroatoms. The Bertz CT molecular complexity index is 508. The zero-order valence-corrected chi connectivity index (χ0v) is 12.0. The average Bonchev–Trinajstić information content (AvgIpc) is 2.85. The number of rotatable bonds is 3. The van der Waals surface area contributed by atoms with Crippen molar-refractivity contribution in [3.05, 3.63) is 23.8 Å². The van der Waals surface area contributed by atoms with Crippen molar-refractivity contribution in [2.24, 2.45) is 0 Å². The van der Waals surface area contributed by atoms with E-state index in [0.717, 1.165) is 18.4 Å². The summed E-state index contributed by atoms with van der Waals surface area (Å²) in [5, 5.41) is 8.53. The highest BCUT2D eigenvalue weighted by molar-refractivity contribution is 5.93. The SMILES string of the molecule is CC(=O)Nc1ccc(C)c(NC(=O)NC2CCCC2)c1. The lowest BCUT2D eigenvalue weighted by Gasteiger charge is -2.15. The molecule has 1 saturated carbocycles. The maximum atomic E-state index is 11.9. The number of nitrogens with one attached hydrogen (secondary N) is 3. The fraction of sp³-hybridized carbons (Fsp3) is 0.467. The van der Waals surface area contributed by atoms with Gasteiger partial charge in [0.25, 0.3) is 0 Å². The Morgan fingerprint density at radius 3 is 2.50 bits per heavy atom. The molecule has 0 aliphatic heterocycles. The van der Waals surface area contributed by atoms with Gasteiger partial charge in [0.05, 0.1) is 0 Å². The molecule has 0 spiro atoms. The van der Waals surface area contributed by atoms with Crippen LogP contribution < -0.4 is 16.0 Å². The normalized spacial score (nSPS) is 14.9. The van der Waals surface area contributed by atoms with Crippen LogP contribution in [0, 0.1) is 6.92 Å². The first kappa shape index (κ1) is 14.4.